The second-order valence-electron chi connectivity index (χ2n) is 8.84. The third kappa shape index (κ3) is 2.19. The van der Waals surface area contributed by atoms with Crippen LogP contribution in [-0.2, 0) is 16.6 Å². The van der Waals surface area contributed by atoms with Crippen molar-refractivity contribution in [3.05, 3.63) is 11.1 Å². The Labute approximate surface area is 158 Å². The van der Waals surface area contributed by atoms with Crippen LogP contribution in [0.4, 0.5) is 0 Å². The molecule has 0 spiro atoms. The van der Waals surface area contributed by atoms with Crippen molar-refractivity contribution in [3.63, 3.8) is 0 Å². The van der Waals surface area contributed by atoms with Crippen LogP contribution in [0.3, 0.4) is 0 Å². The summed E-state index contributed by atoms with van der Waals surface area (Å²) in [5.74, 6) is 0.0233. The Morgan fingerprint density at radius 2 is 1.89 bits per heavy atom. The van der Waals surface area contributed by atoms with Gasteiger partial charge in [0.25, 0.3) is 0 Å². The molecule has 1 aromatic carbocycles. The van der Waals surface area contributed by atoms with E-state index in [0.29, 0.717) is 36.4 Å². The smallest absolute Gasteiger partial charge is 0.207 e. The van der Waals surface area contributed by atoms with Crippen LogP contribution in [0.1, 0.15) is 49.7 Å². The van der Waals surface area contributed by atoms with Gasteiger partial charge >= 0.3 is 0 Å². The van der Waals surface area contributed by atoms with E-state index in [0.717, 1.165) is 19.3 Å². The van der Waals surface area contributed by atoms with Gasteiger partial charge in [-0.15, -0.1) is 0 Å². The van der Waals surface area contributed by atoms with Gasteiger partial charge in [-0.1, -0.05) is 12.8 Å². The van der Waals surface area contributed by atoms with Crippen LogP contribution in [0.25, 0.3) is 0 Å². The quantitative estimate of drug-likeness (QED) is 0.480. The molecule has 6 nitrogen and oxygen atoms in total. The monoisotopic (exact) mass is 373 g/mol. The zero-order valence-corrected chi connectivity index (χ0v) is 15.6. The molecule has 1 aliphatic heterocycles. The molecule has 3 aliphatic carbocycles. The van der Waals surface area contributed by atoms with Crippen LogP contribution in [0, 0.1) is 17.8 Å². The summed E-state index contributed by atoms with van der Waals surface area (Å²) >= 11 is 0. The summed E-state index contributed by atoms with van der Waals surface area (Å²) in [6.07, 6.45) is 6.36. The van der Waals surface area contributed by atoms with Gasteiger partial charge in [0.15, 0.2) is 11.5 Å². The molecule has 5 rings (SSSR count). The van der Waals surface area contributed by atoms with E-state index in [9.17, 15) is 20.1 Å². The first-order chi connectivity index (χ1) is 13.0. The lowest BCUT2D eigenvalue weighted by Crippen LogP contribution is -2.64. The lowest BCUT2D eigenvalue weighted by atomic mass is 9.49. The van der Waals surface area contributed by atoms with E-state index in [2.05, 4.69) is 5.32 Å². The zero-order valence-electron chi connectivity index (χ0n) is 15.6. The Kier molecular flexibility index (Phi) is 3.67. The third-order valence-electron chi connectivity index (χ3n) is 7.55. The number of piperidine rings is 1. The molecule has 3 fully saturated rings. The molecule has 1 aromatic rings. The van der Waals surface area contributed by atoms with Crippen LogP contribution in [0.5, 0.6) is 23.0 Å². The SMILES string of the molecule is COc1c(O)c(O)c2c(c1O)[C@]13CCN[C@H](C2)[C@@H]1CCC(CC1CC1)C3=O. The van der Waals surface area contributed by atoms with Crippen molar-refractivity contribution in [1.82, 2.24) is 5.32 Å². The zero-order chi connectivity index (χ0) is 18.9. The predicted octanol–water partition coefficient (Wildman–Crippen LogP) is 2.36. The number of benzene rings is 1. The van der Waals surface area contributed by atoms with E-state index in [4.69, 9.17) is 4.74 Å². The van der Waals surface area contributed by atoms with Gasteiger partial charge in [0, 0.05) is 23.1 Å². The number of carbonyl (C=O) groups is 1. The summed E-state index contributed by atoms with van der Waals surface area (Å²) in [6, 6.07) is 0.0789. The Hall–Kier alpha value is -1.95. The molecule has 27 heavy (non-hydrogen) atoms. The van der Waals surface area contributed by atoms with Crippen LogP contribution < -0.4 is 10.1 Å². The summed E-state index contributed by atoms with van der Waals surface area (Å²) in [4.78, 5) is 13.8. The number of carbonyl (C=O) groups excluding carboxylic acids is 1. The third-order valence-corrected chi connectivity index (χ3v) is 7.55. The highest BCUT2D eigenvalue weighted by molar-refractivity contribution is 5.96. The molecule has 4 atom stereocenters. The molecule has 0 amide bonds. The summed E-state index contributed by atoms with van der Waals surface area (Å²) in [5.41, 5.74) is 0.228. The van der Waals surface area contributed by atoms with E-state index in [-0.39, 0.29) is 40.9 Å². The van der Waals surface area contributed by atoms with Crippen molar-refractivity contribution in [2.24, 2.45) is 17.8 Å². The number of aromatic hydroxyl groups is 3. The maximum absolute atomic E-state index is 13.8. The van der Waals surface area contributed by atoms with Gasteiger partial charge in [0.1, 0.15) is 5.78 Å². The molecule has 0 aromatic heterocycles. The fraction of sp³-hybridized carbons (Fsp3) is 0.667. The second kappa shape index (κ2) is 5.77. The van der Waals surface area contributed by atoms with E-state index in [1.54, 1.807) is 0 Å². The summed E-state index contributed by atoms with van der Waals surface area (Å²) in [5, 5.41) is 35.5. The maximum Gasteiger partial charge on any atom is 0.207 e. The van der Waals surface area contributed by atoms with Gasteiger partial charge in [-0.2, -0.15) is 0 Å². The van der Waals surface area contributed by atoms with Gasteiger partial charge < -0.3 is 25.4 Å². The average Bonchev–Trinajstić information content (AvgIpc) is 3.46. The Balaban J connectivity index is 1.72. The number of ether oxygens (including phenoxy) is 1. The van der Waals surface area contributed by atoms with Crippen molar-refractivity contribution in [1.29, 1.82) is 0 Å². The number of Topliss-reactive ketones (excluding diaryl/α,β-unsaturated/α-hetero) is 1. The molecule has 2 bridgehead atoms. The summed E-state index contributed by atoms with van der Waals surface area (Å²) < 4.78 is 5.19. The second-order valence-corrected chi connectivity index (χ2v) is 8.84. The minimum Gasteiger partial charge on any atom is -0.504 e. The number of ketones is 1. The van der Waals surface area contributed by atoms with Crippen molar-refractivity contribution >= 4 is 5.78 Å². The van der Waals surface area contributed by atoms with E-state index < -0.39 is 11.2 Å². The van der Waals surface area contributed by atoms with E-state index in [1.807, 2.05) is 0 Å². The van der Waals surface area contributed by atoms with Crippen LogP contribution in [0.2, 0.25) is 0 Å². The molecular formula is C21H27NO5. The van der Waals surface area contributed by atoms with Crippen LogP contribution in [0.15, 0.2) is 0 Å². The molecule has 2 saturated carbocycles. The minimum absolute atomic E-state index is 0.0276. The molecule has 1 heterocycles. The highest BCUT2D eigenvalue weighted by atomic mass is 16.5. The number of phenolic OH excluding ortho intramolecular Hbond substituents is 3. The van der Waals surface area contributed by atoms with Crippen molar-refractivity contribution in [2.45, 2.75) is 56.4 Å². The highest BCUT2D eigenvalue weighted by Gasteiger charge is 2.61. The van der Waals surface area contributed by atoms with Gasteiger partial charge in [0.05, 0.1) is 12.5 Å². The Bertz CT molecular complexity index is 818. The largest absolute Gasteiger partial charge is 0.504 e. The van der Waals surface area contributed by atoms with Gasteiger partial charge in [-0.3, -0.25) is 4.79 Å². The van der Waals surface area contributed by atoms with E-state index >= 15 is 0 Å². The lowest BCUT2D eigenvalue weighted by Gasteiger charge is -2.56. The van der Waals surface area contributed by atoms with Crippen LogP contribution in [-0.4, -0.2) is 40.8 Å². The molecule has 1 saturated heterocycles. The first-order valence-corrected chi connectivity index (χ1v) is 10.1. The highest BCUT2D eigenvalue weighted by Crippen LogP contribution is 2.61. The molecular weight excluding hydrogens is 346 g/mol. The van der Waals surface area contributed by atoms with Crippen LogP contribution >= 0.6 is 0 Å². The maximum atomic E-state index is 13.8. The topological polar surface area (TPSA) is 99.0 Å². The molecule has 0 radical (unpaired) electrons. The lowest BCUT2D eigenvalue weighted by molar-refractivity contribution is -0.138. The first-order valence-electron chi connectivity index (χ1n) is 10.1. The number of fused-ring (bicyclic) bond motifs is 1. The normalized spacial score (nSPS) is 34.7. The minimum atomic E-state index is -0.788. The number of phenols is 3. The Morgan fingerprint density at radius 1 is 1.11 bits per heavy atom. The molecule has 4 aliphatic rings. The standard InChI is InChI=1S/C21H27NO5/c1-27-19-17(24)15-12(16(23)18(19)25)9-14-13-5-4-11(8-10-2-3-10)20(26)21(13,15)6-7-22-14/h10-11,13-14,22-25H,2-9H2,1H3/t11?,13-,14+,21-/m0/s1. The summed E-state index contributed by atoms with van der Waals surface area (Å²) in [6.45, 7) is 0.714. The van der Waals surface area contributed by atoms with Gasteiger partial charge in [0.2, 0.25) is 11.5 Å². The first kappa shape index (κ1) is 17.2. The Morgan fingerprint density at radius 3 is 2.59 bits per heavy atom. The molecule has 6 heteroatoms. The fourth-order valence-corrected chi connectivity index (χ4v) is 6.21. The molecule has 4 N–H and O–H groups in total. The van der Waals surface area contributed by atoms with Crippen molar-refractivity contribution in [2.75, 3.05) is 13.7 Å². The van der Waals surface area contributed by atoms with E-state index in [1.165, 1.54) is 20.0 Å². The summed E-state index contributed by atoms with van der Waals surface area (Å²) in [7, 11) is 1.35. The van der Waals surface area contributed by atoms with Gasteiger partial charge in [-0.25, -0.2) is 0 Å². The number of hydrogen-bond donors (Lipinski definition) is 4. The predicted molar refractivity (Wildman–Crippen MR) is 98.3 cm³/mol. The van der Waals surface area contributed by atoms with Crippen molar-refractivity contribution < 1.29 is 24.9 Å². The number of methoxy groups -OCH3 is 1. The number of nitrogens with one attached hydrogen (secondary N) is 1. The molecule has 146 valence electrons. The number of rotatable bonds is 3. The number of hydrogen-bond acceptors (Lipinski definition) is 6. The molecule has 1 unspecified atom stereocenters. The van der Waals surface area contributed by atoms with Crippen molar-refractivity contribution in [3.8, 4) is 23.0 Å². The van der Waals surface area contributed by atoms with Gasteiger partial charge in [-0.05, 0) is 50.5 Å². The fourth-order valence-electron chi connectivity index (χ4n) is 6.21. The average molecular weight is 373 g/mol.